The molecular weight excluding hydrogens is 451 g/mol. The van der Waals surface area contributed by atoms with Crippen LogP contribution >= 0.6 is 8.60 Å². The second-order valence-electron chi connectivity index (χ2n) is 15.1. The second kappa shape index (κ2) is 9.68. The molecule has 0 bridgehead atoms. The van der Waals surface area contributed by atoms with Crippen LogP contribution in [0, 0.1) is 32.5 Å². The van der Waals surface area contributed by atoms with E-state index < -0.39 is 8.60 Å². The van der Waals surface area contributed by atoms with Gasteiger partial charge < -0.3 is 9.05 Å². The van der Waals surface area contributed by atoms with Gasteiger partial charge in [-0.3, -0.25) is 4.52 Å². The van der Waals surface area contributed by atoms with E-state index in [0.29, 0.717) is 0 Å². The Balaban J connectivity index is 2.41. The van der Waals surface area contributed by atoms with Crippen molar-refractivity contribution in [1.82, 2.24) is 0 Å². The highest BCUT2D eigenvalue weighted by atomic mass is 31.2. The van der Waals surface area contributed by atoms with Gasteiger partial charge in [0.1, 0.15) is 11.5 Å². The van der Waals surface area contributed by atoms with Crippen LogP contribution in [0.5, 0.6) is 0 Å². The minimum Gasteiger partial charge on any atom is -0.418 e. The molecule has 0 aromatic heterocycles. The third-order valence-electron chi connectivity index (χ3n) is 8.62. The van der Waals surface area contributed by atoms with Crippen LogP contribution in [-0.4, -0.2) is 7.11 Å². The van der Waals surface area contributed by atoms with Gasteiger partial charge in [0, 0.05) is 7.11 Å². The molecule has 0 N–H and O–H groups in total. The fraction of sp³-hybridized carbons (Fsp3) is 0.742. The summed E-state index contributed by atoms with van der Waals surface area (Å²) in [6, 6.07) is 0. The summed E-state index contributed by atoms with van der Waals surface area (Å²) < 4.78 is 18.8. The summed E-state index contributed by atoms with van der Waals surface area (Å²) in [5, 5.41) is 0. The molecule has 4 heteroatoms. The predicted octanol–water partition coefficient (Wildman–Crippen LogP) is 10.5. The Morgan fingerprint density at radius 2 is 0.943 bits per heavy atom. The van der Waals surface area contributed by atoms with E-state index in [2.05, 4.69) is 121 Å². The number of hydrogen-bond donors (Lipinski definition) is 0. The van der Waals surface area contributed by atoms with Gasteiger partial charge in [0.05, 0.1) is 0 Å². The van der Waals surface area contributed by atoms with E-state index >= 15 is 0 Å². The fourth-order valence-electron chi connectivity index (χ4n) is 4.47. The first kappa shape index (κ1) is 30.2. The predicted molar refractivity (Wildman–Crippen MR) is 152 cm³/mol. The first-order chi connectivity index (χ1) is 15.5. The zero-order chi connectivity index (χ0) is 27.3. The summed E-state index contributed by atoms with van der Waals surface area (Å²) in [4.78, 5) is 0. The molecule has 0 aromatic rings. The SMILES string of the molecule is COP(OC1=C(C(C)(C)C)CC(C)(C(C)(C)C)C=C1)OC1=C(C(C)(C)C)CC(C)(C(C)(C)C)C=C1. The zero-order valence-electron chi connectivity index (χ0n) is 25.4. The Hall–Kier alpha value is -1.05. The van der Waals surface area contributed by atoms with E-state index in [0.717, 1.165) is 24.4 Å². The molecule has 0 radical (unpaired) electrons. The molecule has 2 aliphatic rings. The highest BCUT2D eigenvalue weighted by molar-refractivity contribution is 7.42. The third kappa shape index (κ3) is 6.64. The Kier molecular flexibility index (Phi) is 8.34. The molecule has 0 aromatic carbocycles. The van der Waals surface area contributed by atoms with Crippen molar-refractivity contribution in [2.45, 2.75) is 110 Å². The highest BCUT2D eigenvalue weighted by Crippen LogP contribution is 2.56. The van der Waals surface area contributed by atoms with Gasteiger partial charge in [0.25, 0.3) is 0 Å². The van der Waals surface area contributed by atoms with Crippen LogP contribution < -0.4 is 0 Å². The quantitative estimate of drug-likeness (QED) is 0.348. The molecule has 2 aliphatic carbocycles. The number of allylic oxidation sites excluding steroid dienone is 6. The maximum Gasteiger partial charge on any atom is 0.462 e. The molecule has 2 unspecified atom stereocenters. The summed E-state index contributed by atoms with van der Waals surface area (Å²) in [5.41, 5.74) is 3.01. The highest BCUT2D eigenvalue weighted by Gasteiger charge is 2.43. The van der Waals surface area contributed by atoms with Gasteiger partial charge in [-0.05, 0) is 68.6 Å². The third-order valence-corrected chi connectivity index (χ3v) is 9.61. The Morgan fingerprint density at radius 1 is 0.629 bits per heavy atom. The molecule has 200 valence electrons. The van der Waals surface area contributed by atoms with E-state index in [1.807, 2.05) is 0 Å². The largest absolute Gasteiger partial charge is 0.462 e. The molecule has 35 heavy (non-hydrogen) atoms. The van der Waals surface area contributed by atoms with Crippen LogP contribution in [0.1, 0.15) is 110 Å². The molecule has 3 nitrogen and oxygen atoms in total. The summed E-state index contributed by atoms with van der Waals surface area (Å²) >= 11 is 0. The van der Waals surface area contributed by atoms with Gasteiger partial charge in [0.2, 0.25) is 0 Å². The molecule has 0 aliphatic heterocycles. The summed E-state index contributed by atoms with van der Waals surface area (Å²) in [5.74, 6) is 1.79. The van der Waals surface area contributed by atoms with Crippen molar-refractivity contribution < 1.29 is 13.6 Å². The Labute approximate surface area is 218 Å². The number of rotatable bonds is 5. The van der Waals surface area contributed by atoms with Crippen LogP contribution in [-0.2, 0) is 13.6 Å². The first-order valence-electron chi connectivity index (χ1n) is 13.1. The van der Waals surface area contributed by atoms with E-state index in [1.165, 1.54) is 11.1 Å². The molecule has 0 heterocycles. The average Bonchev–Trinajstić information content (AvgIpc) is 2.66. The molecule has 2 atom stereocenters. The molecule has 0 amide bonds. The Bertz CT molecular complexity index is 835. The lowest BCUT2D eigenvalue weighted by Gasteiger charge is -2.45. The van der Waals surface area contributed by atoms with Crippen LogP contribution in [0.4, 0.5) is 0 Å². The number of hydrogen-bond acceptors (Lipinski definition) is 3. The summed E-state index contributed by atoms with van der Waals surface area (Å²) in [6.07, 6.45) is 10.8. The van der Waals surface area contributed by atoms with E-state index in [9.17, 15) is 0 Å². The van der Waals surface area contributed by atoms with Gasteiger partial charge in [-0.1, -0.05) is 109 Å². The molecule has 0 saturated heterocycles. The van der Waals surface area contributed by atoms with E-state index in [1.54, 1.807) is 7.11 Å². The van der Waals surface area contributed by atoms with Crippen molar-refractivity contribution in [3.8, 4) is 0 Å². The van der Waals surface area contributed by atoms with Crippen LogP contribution in [0.2, 0.25) is 0 Å². The zero-order valence-corrected chi connectivity index (χ0v) is 26.3. The summed E-state index contributed by atoms with van der Waals surface area (Å²) in [6.45, 7) is 32.2. The van der Waals surface area contributed by atoms with E-state index in [-0.39, 0.29) is 32.5 Å². The smallest absolute Gasteiger partial charge is 0.418 e. The second-order valence-corrected chi connectivity index (χ2v) is 16.3. The van der Waals surface area contributed by atoms with Gasteiger partial charge >= 0.3 is 8.60 Å². The molecule has 2 rings (SSSR count). The van der Waals surface area contributed by atoms with Crippen molar-refractivity contribution in [3.63, 3.8) is 0 Å². The lowest BCUT2D eigenvalue weighted by molar-refractivity contribution is 0.147. The van der Waals surface area contributed by atoms with Gasteiger partial charge in [0.15, 0.2) is 0 Å². The van der Waals surface area contributed by atoms with Crippen molar-refractivity contribution in [1.29, 1.82) is 0 Å². The van der Waals surface area contributed by atoms with Crippen LogP contribution in [0.15, 0.2) is 47.0 Å². The Morgan fingerprint density at radius 3 is 1.17 bits per heavy atom. The fourth-order valence-corrected chi connectivity index (χ4v) is 5.32. The van der Waals surface area contributed by atoms with Crippen molar-refractivity contribution >= 4 is 8.60 Å². The van der Waals surface area contributed by atoms with Crippen molar-refractivity contribution in [2.75, 3.05) is 7.11 Å². The maximum absolute atomic E-state index is 6.51. The normalized spacial score (nSPS) is 27.4. The monoisotopic (exact) mass is 504 g/mol. The lowest BCUT2D eigenvalue weighted by Crippen LogP contribution is -2.35. The molecule has 0 spiro atoms. The van der Waals surface area contributed by atoms with Crippen molar-refractivity contribution in [3.05, 3.63) is 47.0 Å². The maximum atomic E-state index is 6.51. The van der Waals surface area contributed by atoms with Crippen LogP contribution in [0.3, 0.4) is 0 Å². The minimum atomic E-state index is -1.59. The molecule has 0 fully saturated rings. The van der Waals surface area contributed by atoms with E-state index in [4.69, 9.17) is 13.6 Å². The topological polar surface area (TPSA) is 27.7 Å². The molecule has 0 saturated carbocycles. The van der Waals surface area contributed by atoms with Gasteiger partial charge in [-0.25, -0.2) is 0 Å². The molecular formula is C31H53O3P. The van der Waals surface area contributed by atoms with Gasteiger partial charge in [-0.2, -0.15) is 0 Å². The average molecular weight is 505 g/mol. The van der Waals surface area contributed by atoms with Crippen molar-refractivity contribution in [2.24, 2.45) is 32.5 Å². The first-order valence-corrected chi connectivity index (χ1v) is 14.2. The van der Waals surface area contributed by atoms with Gasteiger partial charge in [-0.15, -0.1) is 0 Å². The summed E-state index contributed by atoms with van der Waals surface area (Å²) in [7, 11) is 0.0907. The standard InChI is InChI=1S/C31H53O3P/c1-26(2,3)22-20-30(13,28(7,8)9)18-16-24(22)33-35(32-15)34-25-17-19-31(14,29(10,11)12)21-23(25)27(4,5)6/h16-19H,20-21H2,1-15H3. The lowest BCUT2D eigenvalue weighted by atomic mass is 9.60. The minimum absolute atomic E-state index is 0.0174. The van der Waals surface area contributed by atoms with Crippen LogP contribution in [0.25, 0.3) is 0 Å².